The molecule has 1 heterocycles. The van der Waals surface area contributed by atoms with E-state index in [-0.39, 0.29) is 30.1 Å². The first-order valence-corrected chi connectivity index (χ1v) is 15.2. The SMILES string of the molecule is CC1(C)NC(C23CC(N(Cc4ccc(Cl)cc4)S(=O)(=O)c4cccc(Cl)c4)(C2)C3)=N[C@H]1C(=O)CCCC(F)(F)F. The second-order valence-electron chi connectivity index (χ2n) is 11.8. The Morgan fingerprint density at radius 2 is 1.73 bits per heavy atom. The quantitative estimate of drug-likeness (QED) is 0.328. The molecular weight excluding hydrogens is 586 g/mol. The maximum absolute atomic E-state index is 13.9. The molecule has 0 spiro atoms. The highest BCUT2D eigenvalue weighted by molar-refractivity contribution is 7.89. The van der Waals surface area contributed by atoms with Crippen LogP contribution in [0.4, 0.5) is 13.2 Å². The Balaban J connectivity index is 1.36. The first kappa shape index (κ1) is 29.4. The Morgan fingerprint density at radius 3 is 2.33 bits per heavy atom. The summed E-state index contributed by atoms with van der Waals surface area (Å²) >= 11 is 12.2. The molecule has 0 unspecified atom stereocenters. The molecule has 4 aliphatic rings. The van der Waals surface area contributed by atoms with E-state index in [1.54, 1.807) is 36.4 Å². The van der Waals surface area contributed by atoms with Crippen LogP contribution in [-0.4, -0.2) is 47.6 Å². The Morgan fingerprint density at radius 1 is 1.07 bits per heavy atom. The zero-order valence-electron chi connectivity index (χ0n) is 22.1. The van der Waals surface area contributed by atoms with Gasteiger partial charge >= 0.3 is 6.18 Å². The second kappa shape index (κ2) is 10.00. The lowest BCUT2D eigenvalue weighted by atomic mass is 9.38. The number of Topliss-reactive ketones (excluding diaryl/α,β-unsaturated/α-hetero) is 1. The lowest BCUT2D eigenvalue weighted by Gasteiger charge is -2.73. The van der Waals surface area contributed by atoms with E-state index in [9.17, 15) is 26.4 Å². The maximum atomic E-state index is 13.9. The second-order valence-corrected chi connectivity index (χ2v) is 14.5. The van der Waals surface area contributed by atoms with Gasteiger partial charge in [-0.3, -0.25) is 9.79 Å². The largest absolute Gasteiger partial charge is 0.389 e. The number of aliphatic imine (C=N–C) groups is 1. The molecule has 1 aliphatic heterocycles. The monoisotopic (exact) mass is 615 g/mol. The van der Waals surface area contributed by atoms with Gasteiger partial charge in [0.15, 0.2) is 5.78 Å². The Bertz CT molecular complexity index is 1440. The van der Waals surface area contributed by atoms with E-state index >= 15 is 0 Å². The molecule has 3 aliphatic carbocycles. The van der Waals surface area contributed by atoms with Crippen molar-refractivity contribution >= 4 is 44.8 Å². The fourth-order valence-electron chi connectivity index (χ4n) is 6.31. The predicted molar refractivity (Wildman–Crippen MR) is 148 cm³/mol. The van der Waals surface area contributed by atoms with Crippen LogP contribution in [0.25, 0.3) is 0 Å². The summed E-state index contributed by atoms with van der Waals surface area (Å²) in [5, 5.41) is 4.21. The van der Waals surface area contributed by atoms with E-state index < -0.39 is 45.2 Å². The number of carbonyl (C=O) groups excluding carboxylic acids is 1. The molecule has 0 radical (unpaired) electrons. The van der Waals surface area contributed by atoms with Crippen molar-refractivity contribution in [2.75, 3.05) is 0 Å². The van der Waals surface area contributed by atoms with Gasteiger partial charge in [0.2, 0.25) is 10.0 Å². The fraction of sp³-hybridized carbons (Fsp3) is 0.500. The van der Waals surface area contributed by atoms with E-state index in [1.807, 2.05) is 13.8 Å². The average Bonchev–Trinajstić information content (AvgIpc) is 3.12. The molecule has 6 nitrogen and oxygen atoms in total. The van der Waals surface area contributed by atoms with Crippen molar-refractivity contribution in [1.82, 2.24) is 9.62 Å². The number of sulfonamides is 1. The van der Waals surface area contributed by atoms with Crippen molar-refractivity contribution in [2.45, 2.75) is 87.1 Å². The molecule has 2 bridgehead atoms. The standard InChI is InChI=1S/C28H30Cl2F3N3O3S/c1-25(2)23(22(37)7-4-12-28(31,32)33)34-24(35-25)26-15-27(16-26,17-26)36(14-18-8-10-19(29)11-9-18)40(38,39)21-6-3-5-20(30)13-21/h3,5-6,8-11,13,23H,4,7,12,14-17H2,1-2H3,(H,34,35)/t23-,26?,27?/m0/s1. The van der Waals surface area contributed by atoms with Gasteiger partial charge in [-0.1, -0.05) is 41.4 Å². The van der Waals surface area contributed by atoms with Gasteiger partial charge in [0.25, 0.3) is 0 Å². The minimum atomic E-state index is -4.30. The first-order chi connectivity index (χ1) is 18.6. The number of nitrogens with one attached hydrogen (secondary N) is 1. The average molecular weight is 617 g/mol. The highest BCUT2D eigenvalue weighted by Crippen LogP contribution is 2.71. The van der Waals surface area contributed by atoms with E-state index in [0.29, 0.717) is 35.1 Å². The van der Waals surface area contributed by atoms with Crippen LogP contribution in [0, 0.1) is 5.41 Å². The van der Waals surface area contributed by atoms with Crippen molar-refractivity contribution in [2.24, 2.45) is 10.4 Å². The number of amidine groups is 1. The van der Waals surface area contributed by atoms with Gasteiger partial charge in [-0.15, -0.1) is 0 Å². The summed E-state index contributed by atoms with van der Waals surface area (Å²) in [5.74, 6) is 0.311. The molecular formula is C28H30Cl2F3N3O3S. The Hall–Kier alpha value is -2.14. The normalized spacial score (nSPS) is 27.0. The van der Waals surface area contributed by atoms with Crippen LogP contribution in [0.15, 0.2) is 58.4 Å². The predicted octanol–water partition coefficient (Wildman–Crippen LogP) is 6.56. The zero-order valence-corrected chi connectivity index (χ0v) is 24.4. The third kappa shape index (κ3) is 5.40. The van der Waals surface area contributed by atoms with Gasteiger partial charge in [0.1, 0.15) is 11.9 Å². The van der Waals surface area contributed by atoms with Crippen LogP contribution < -0.4 is 5.32 Å². The van der Waals surface area contributed by atoms with Crippen LogP contribution >= 0.6 is 23.2 Å². The molecule has 0 amide bonds. The van der Waals surface area contributed by atoms with Crippen molar-refractivity contribution in [3.05, 3.63) is 64.1 Å². The smallest absolute Gasteiger partial charge is 0.366 e. The molecule has 0 aromatic heterocycles. The van der Waals surface area contributed by atoms with Gasteiger partial charge in [0, 0.05) is 40.4 Å². The molecule has 2 aromatic carbocycles. The van der Waals surface area contributed by atoms with Crippen molar-refractivity contribution in [1.29, 1.82) is 0 Å². The van der Waals surface area contributed by atoms with Crippen molar-refractivity contribution in [3.8, 4) is 0 Å². The van der Waals surface area contributed by atoms with Crippen LogP contribution in [0.1, 0.15) is 57.9 Å². The summed E-state index contributed by atoms with van der Waals surface area (Å²) in [6, 6.07) is 12.4. The lowest BCUT2D eigenvalue weighted by Crippen LogP contribution is -2.78. The van der Waals surface area contributed by atoms with Gasteiger partial charge in [-0.2, -0.15) is 17.5 Å². The molecule has 6 rings (SSSR count). The summed E-state index contributed by atoms with van der Waals surface area (Å²) in [5.41, 5.74) is -0.997. The summed E-state index contributed by atoms with van der Waals surface area (Å²) in [6.07, 6.45) is -4.22. The van der Waals surface area contributed by atoms with Crippen molar-refractivity contribution in [3.63, 3.8) is 0 Å². The topological polar surface area (TPSA) is 78.8 Å². The summed E-state index contributed by atoms with van der Waals surface area (Å²) < 4.78 is 67.1. The minimum absolute atomic E-state index is 0.106. The Labute approximate surface area is 242 Å². The van der Waals surface area contributed by atoms with E-state index in [4.69, 9.17) is 23.2 Å². The molecule has 3 saturated carbocycles. The number of ketones is 1. The highest BCUT2D eigenvalue weighted by atomic mass is 35.5. The number of nitrogens with zero attached hydrogens (tertiary/aromatic N) is 2. The molecule has 1 atom stereocenters. The van der Waals surface area contributed by atoms with Crippen LogP contribution in [0.3, 0.4) is 0 Å². The molecule has 1 N–H and O–H groups in total. The third-order valence-corrected chi connectivity index (χ3v) is 10.7. The van der Waals surface area contributed by atoms with Gasteiger partial charge in [0.05, 0.1) is 10.4 Å². The zero-order chi connectivity index (χ0) is 29.1. The number of carbonyl (C=O) groups is 1. The number of hydrogen-bond acceptors (Lipinski definition) is 5. The van der Waals surface area contributed by atoms with E-state index in [2.05, 4.69) is 10.3 Å². The summed E-state index contributed by atoms with van der Waals surface area (Å²) in [4.78, 5) is 17.6. The van der Waals surface area contributed by atoms with Gasteiger partial charge in [-0.25, -0.2) is 8.42 Å². The van der Waals surface area contributed by atoms with Crippen LogP contribution in [0.2, 0.25) is 10.0 Å². The summed E-state index contributed by atoms with van der Waals surface area (Å²) in [6.45, 7) is 3.77. The fourth-order valence-corrected chi connectivity index (χ4v) is 8.49. The minimum Gasteiger partial charge on any atom is -0.366 e. The Kier molecular flexibility index (Phi) is 7.34. The molecule has 2 aromatic rings. The maximum Gasteiger partial charge on any atom is 0.389 e. The van der Waals surface area contributed by atoms with Crippen LogP contribution in [-0.2, 0) is 21.4 Å². The number of halogens is 5. The third-order valence-electron chi connectivity index (χ3n) is 8.23. The highest BCUT2D eigenvalue weighted by Gasteiger charge is 2.75. The van der Waals surface area contributed by atoms with E-state index in [0.717, 1.165) is 5.56 Å². The van der Waals surface area contributed by atoms with Gasteiger partial charge in [-0.05, 0) is 75.4 Å². The number of rotatable bonds is 10. The molecule has 216 valence electrons. The molecule has 12 heteroatoms. The lowest BCUT2D eigenvalue weighted by molar-refractivity contribution is -0.151. The van der Waals surface area contributed by atoms with E-state index in [1.165, 1.54) is 16.4 Å². The molecule has 3 fully saturated rings. The number of alkyl halides is 3. The van der Waals surface area contributed by atoms with Gasteiger partial charge < -0.3 is 5.32 Å². The summed E-state index contributed by atoms with van der Waals surface area (Å²) in [7, 11) is -3.92. The van der Waals surface area contributed by atoms with Crippen LogP contribution in [0.5, 0.6) is 0 Å². The van der Waals surface area contributed by atoms with Crippen molar-refractivity contribution < 1.29 is 26.4 Å². The molecule has 0 saturated heterocycles. The molecule has 40 heavy (non-hydrogen) atoms. The number of hydrogen-bond donors (Lipinski definition) is 1. The first-order valence-electron chi connectivity index (χ1n) is 13.0. The number of benzene rings is 2.